The number of nitrogens with two attached hydrogens (primary N) is 1. The van der Waals surface area contributed by atoms with Gasteiger partial charge in [0.05, 0.1) is 5.69 Å². The van der Waals surface area contributed by atoms with Crippen LogP contribution in [0.5, 0.6) is 0 Å². The Morgan fingerprint density at radius 1 is 1.33 bits per heavy atom. The molecule has 0 radical (unpaired) electrons. The lowest BCUT2D eigenvalue weighted by atomic mass is 10.0. The van der Waals surface area contributed by atoms with E-state index < -0.39 is 0 Å². The maximum atomic E-state index is 6.22. The van der Waals surface area contributed by atoms with Gasteiger partial charge in [0.1, 0.15) is 5.01 Å². The van der Waals surface area contributed by atoms with Crippen molar-refractivity contribution in [2.45, 2.75) is 39.7 Å². The molecule has 0 aliphatic rings. The Labute approximate surface area is 113 Å². The predicted molar refractivity (Wildman–Crippen MR) is 78.9 cm³/mol. The van der Waals surface area contributed by atoms with E-state index in [1.54, 1.807) is 11.3 Å². The molecule has 1 heterocycles. The molecule has 0 aliphatic carbocycles. The maximum Gasteiger partial charge on any atom is 0.123 e. The summed E-state index contributed by atoms with van der Waals surface area (Å²) in [5, 5.41) is 1.07. The van der Waals surface area contributed by atoms with Crippen molar-refractivity contribution in [3.63, 3.8) is 0 Å². The lowest BCUT2D eigenvalue weighted by molar-refractivity contribution is 0.559. The molecule has 0 unspecified atom stereocenters. The lowest BCUT2D eigenvalue weighted by Crippen LogP contribution is -2.28. The van der Waals surface area contributed by atoms with Crippen LogP contribution >= 0.6 is 11.3 Å². The van der Waals surface area contributed by atoms with Crippen molar-refractivity contribution < 1.29 is 0 Å². The van der Waals surface area contributed by atoms with E-state index in [0.717, 1.165) is 17.1 Å². The molecular formula is C15H20N2S. The van der Waals surface area contributed by atoms with Crippen molar-refractivity contribution in [1.82, 2.24) is 4.98 Å². The average molecular weight is 260 g/mol. The highest BCUT2D eigenvalue weighted by atomic mass is 32.1. The number of aryl methyl sites for hydroxylation is 2. The molecule has 0 amide bonds. The van der Waals surface area contributed by atoms with Crippen molar-refractivity contribution in [3.05, 3.63) is 40.4 Å². The highest BCUT2D eigenvalue weighted by molar-refractivity contribution is 7.15. The van der Waals surface area contributed by atoms with Crippen molar-refractivity contribution in [1.29, 1.82) is 0 Å². The van der Waals surface area contributed by atoms with Gasteiger partial charge in [0.15, 0.2) is 0 Å². The second-order valence-electron chi connectivity index (χ2n) is 5.24. The van der Waals surface area contributed by atoms with Gasteiger partial charge < -0.3 is 5.73 Å². The fourth-order valence-electron chi connectivity index (χ4n) is 2.00. The third kappa shape index (κ3) is 2.62. The Kier molecular flexibility index (Phi) is 3.55. The normalized spacial score (nSPS) is 11.8. The van der Waals surface area contributed by atoms with Crippen LogP contribution in [0.25, 0.3) is 10.6 Å². The molecule has 0 fully saturated rings. The molecule has 2 nitrogen and oxygen atoms in total. The lowest BCUT2D eigenvalue weighted by Gasteiger charge is -2.17. The summed E-state index contributed by atoms with van der Waals surface area (Å²) in [4.78, 5) is 5.94. The van der Waals surface area contributed by atoms with Gasteiger partial charge in [0.25, 0.3) is 0 Å². The summed E-state index contributed by atoms with van der Waals surface area (Å²) in [6, 6.07) is 8.46. The molecule has 18 heavy (non-hydrogen) atoms. The first kappa shape index (κ1) is 13.2. The Bertz CT molecular complexity index is 550. The summed E-state index contributed by atoms with van der Waals surface area (Å²) in [5.74, 6) is 0. The summed E-state index contributed by atoms with van der Waals surface area (Å²) in [6.45, 7) is 8.31. The van der Waals surface area contributed by atoms with Gasteiger partial charge in [0, 0.05) is 16.0 Å². The van der Waals surface area contributed by atoms with Crippen molar-refractivity contribution in [2.24, 2.45) is 5.73 Å². The van der Waals surface area contributed by atoms with E-state index in [1.165, 1.54) is 16.0 Å². The first-order chi connectivity index (χ1) is 8.41. The number of aromatic nitrogens is 1. The van der Waals surface area contributed by atoms with Crippen LogP contribution in [0.1, 0.15) is 36.9 Å². The SMILES string of the molecule is CCc1nc(-c2cccc(C)c2)sc1C(C)(C)N. The van der Waals surface area contributed by atoms with Crippen LogP contribution in [-0.2, 0) is 12.0 Å². The molecule has 1 aromatic heterocycles. The molecule has 0 bridgehead atoms. The van der Waals surface area contributed by atoms with Crippen molar-refractivity contribution >= 4 is 11.3 Å². The number of benzene rings is 1. The summed E-state index contributed by atoms with van der Waals surface area (Å²) in [7, 11) is 0. The van der Waals surface area contributed by atoms with E-state index in [0.29, 0.717) is 0 Å². The first-order valence-electron chi connectivity index (χ1n) is 6.28. The summed E-state index contributed by atoms with van der Waals surface area (Å²) < 4.78 is 0. The highest BCUT2D eigenvalue weighted by Gasteiger charge is 2.22. The number of hydrogen-bond acceptors (Lipinski definition) is 3. The average Bonchev–Trinajstić information content (AvgIpc) is 2.72. The van der Waals surface area contributed by atoms with Gasteiger partial charge >= 0.3 is 0 Å². The van der Waals surface area contributed by atoms with E-state index in [-0.39, 0.29) is 5.54 Å². The molecule has 1 aromatic carbocycles. The quantitative estimate of drug-likeness (QED) is 0.909. The summed E-state index contributed by atoms with van der Waals surface area (Å²) >= 11 is 1.72. The Hall–Kier alpha value is -1.19. The predicted octanol–water partition coefficient (Wildman–Crippen LogP) is 3.87. The van der Waals surface area contributed by atoms with E-state index in [1.807, 2.05) is 13.8 Å². The molecule has 2 N–H and O–H groups in total. The second-order valence-corrected chi connectivity index (χ2v) is 6.24. The zero-order valence-electron chi connectivity index (χ0n) is 11.4. The van der Waals surface area contributed by atoms with Crippen LogP contribution in [0.3, 0.4) is 0 Å². The Morgan fingerprint density at radius 3 is 2.56 bits per heavy atom. The fraction of sp³-hybridized carbons (Fsp3) is 0.400. The number of nitrogens with zero attached hydrogens (tertiary/aromatic N) is 1. The smallest absolute Gasteiger partial charge is 0.123 e. The van der Waals surface area contributed by atoms with E-state index in [2.05, 4.69) is 38.1 Å². The molecule has 0 atom stereocenters. The van der Waals surface area contributed by atoms with Gasteiger partial charge in [-0.25, -0.2) is 4.98 Å². The minimum absolute atomic E-state index is 0.314. The molecule has 2 rings (SSSR count). The zero-order chi connectivity index (χ0) is 13.3. The van der Waals surface area contributed by atoms with Crippen LogP contribution in [0.4, 0.5) is 0 Å². The minimum Gasteiger partial charge on any atom is -0.321 e. The molecule has 96 valence electrons. The van der Waals surface area contributed by atoms with Gasteiger partial charge in [-0.05, 0) is 33.3 Å². The fourth-order valence-corrected chi connectivity index (χ4v) is 3.16. The van der Waals surface area contributed by atoms with E-state index in [9.17, 15) is 0 Å². The molecule has 0 spiro atoms. The third-order valence-corrected chi connectivity index (χ3v) is 4.37. The monoisotopic (exact) mass is 260 g/mol. The zero-order valence-corrected chi connectivity index (χ0v) is 12.3. The van der Waals surface area contributed by atoms with Crippen molar-refractivity contribution in [3.8, 4) is 10.6 Å². The molecular weight excluding hydrogens is 240 g/mol. The van der Waals surface area contributed by atoms with Gasteiger partial charge in [-0.15, -0.1) is 11.3 Å². The van der Waals surface area contributed by atoms with E-state index in [4.69, 9.17) is 10.7 Å². The second kappa shape index (κ2) is 4.82. The minimum atomic E-state index is -0.314. The van der Waals surface area contributed by atoms with Crippen LogP contribution in [0, 0.1) is 6.92 Å². The maximum absolute atomic E-state index is 6.22. The van der Waals surface area contributed by atoms with Gasteiger partial charge in [-0.1, -0.05) is 30.7 Å². The van der Waals surface area contributed by atoms with Crippen LogP contribution in [0.15, 0.2) is 24.3 Å². The number of hydrogen-bond donors (Lipinski definition) is 1. The van der Waals surface area contributed by atoms with Crippen LogP contribution < -0.4 is 5.73 Å². The topological polar surface area (TPSA) is 38.9 Å². The molecule has 3 heteroatoms. The van der Waals surface area contributed by atoms with E-state index >= 15 is 0 Å². The molecule has 0 aliphatic heterocycles. The van der Waals surface area contributed by atoms with Gasteiger partial charge in [-0.2, -0.15) is 0 Å². The Balaban J connectivity index is 2.51. The van der Waals surface area contributed by atoms with Crippen LogP contribution in [-0.4, -0.2) is 4.98 Å². The summed E-state index contributed by atoms with van der Waals surface area (Å²) in [6.07, 6.45) is 0.929. The summed E-state index contributed by atoms with van der Waals surface area (Å²) in [5.41, 5.74) is 9.48. The third-order valence-electron chi connectivity index (χ3n) is 2.88. The molecule has 0 saturated heterocycles. The standard InChI is InChI=1S/C15H20N2S/c1-5-12-13(15(3,4)16)18-14(17-12)11-8-6-7-10(2)9-11/h6-9H,5,16H2,1-4H3. The van der Waals surface area contributed by atoms with Crippen LogP contribution in [0.2, 0.25) is 0 Å². The highest BCUT2D eigenvalue weighted by Crippen LogP contribution is 2.34. The largest absolute Gasteiger partial charge is 0.321 e. The van der Waals surface area contributed by atoms with Crippen molar-refractivity contribution in [2.75, 3.05) is 0 Å². The first-order valence-corrected chi connectivity index (χ1v) is 7.09. The number of thiazole rings is 1. The molecule has 0 saturated carbocycles. The Morgan fingerprint density at radius 2 is 2.06 bits per heavy atom. The molecule has 2 aromatic rings. The van der Waals surface area contributed by atoms with Gasteiger partial charge in [0.2, 0.25) is 0 Å². The van der Waals surface area contributed by atoms with Gasteiger partial charge in [-0.3, -0.25) is 0 Å². The number of rotatable bonds is 3.